The molecule has 3 aromatic rings. The fraction of sp³-hybridized carbons (Fsp3) is 0.368. The van der Waals surface area contributed by atoms with Crippen LogP contribution in [0.25, 0.3) is 5.65 Å². The Morgan fingerprint density at radius 1 is 1.33 bits per heavy atom. The van der Waals surface area contributed by atoms with Crippen molar-refractivity contribution in [2.45, 2.75) is 32.2 Å². The number of nitrogens with two attached hydrogens (primary N) is 1. The second-order valence-corrected chi connectivity index (χ2v) is 7.44. The Morgan fingerprint density at radius 3 is 2.93 bits per heavy atom. The van der Waals surface area contributed by atoms with Gasteiger partial charge in [-0.1, -0.05) is 0 Å². The molecule has 6 rings (SSSR count). The highest BCUT2D eigenvalue weighted by Crippen LogP contribution is 2.53. The van der Waals surface area contributed by atoms with Crippen molar-refractivity contribution in [2.75, 3.05) is 6.54 Å². The van der Waals surface area contributed by atoms with E-state index in [1.165, 1.54) is 6.39 Å². The van der Waals surface area contributed by atoms with E-state index in [1.807, 2.05) is 41.5 Å². The highest BCUT2D eigenvalue weighted by atomic mass is 16.3. The van der Waals surface area contributed by atoms with E-state index < -0.39 is 5.91 Å². The molecule has 0 radical (unpaired) electrons. The zero-order valence-corrected chi connectivity index (χ0v) is 15.0. The number of hydrogen-bond donors (Lipinski definition) is 1. The number of nitrogens with zero attached hydrogens (tertiary/aromatic N) is 4. The molecule has 8 heteroatoms. The van der Waals surface area contributed by atoms with Gasteiger partial charge in [0.2, 0.25) is 0 Å². The van der Waals surface area contributed by atoms with Gasteiger partial charge in [0.15, 0.2) is 12.1 Å². The number of hydrogen-bond acceptors (Lipinski definition) is 5. The second-order valence-electron chi connectivity index (χ2n) is 7.44. The van der Waals surface area contributed by atoms with Crippen molar-refractivity contribution in [3.63, 3.8) is 0 Å². The molecule has 2 aliphatic heterocycles. The fourth-order valence-electron chi connectivity index (χ4n) is 4.63. The number of oxazole rings is 1. The number of aryl methyl sites for hydroxylation is 2. The van der Waals surface area contributed by atoms with Gasteiger partial charge in [-0.05, 0) is 38.3 Å². The molecule has 2 N–H and O–H groups in total. The van der Waals surface area contributed by atoms with Gasteiger partial charge in [0, 0.05) is 36.1 Å². The standard InChI is InChI=1S/C19H19N5O3/c1-9-5-10(2)23-4-3-12(18(23)22-9)19(26)24-7-11-6-13(24)14(11)16-15(17(20)25)21-8-27-16/h3-5,8,11,13-14H,6-7H2,1-2H3,(H2,20,25). The van der Waals surface area contributed by atoms with Gasteiger partial charge in [0.25, 0.3) is 11.8 Å². The minimum absolute atomic E-state index is 0.00518. The minimum Gasteiger partial charge on any atom is -0.447 e. The van der Waals surface area contributed by atoms with Crippen LogP contribution in [0.1, 0.15) is 50.3 Å². The molecular formula is C19H19N5O3. The Balaban J connectivity index is 1.48. The molecule has 8 nitrogen and oxygen atoms in total. The van der Waals surface area contributed by atoms with E-state index in [0.717, 1.165) is 17.8 Å². The van der Waals surface area contributed by atoms with Crippen LogP contribution >= 0.6 is 0 Å². The first-order valence-corrected chi connectivity index (χ1v) is 8.95. The normalized spacial score (nSPS) is 23.6. The summed E-state index contributed by atoms with van der Waals surface area (Å²) >= 11 is 0. The summed E-state index contributed by atoms with van der Waals surface area (Å²) in [6.45, 7) is 4.55. The van der Waals surface area contributed by atoms with Crippen molar-refractivity contribution in [2.24, 2.45) is 11.7 Å². The maximum atomic E-state index is 13.3. The van der Waals surface area contributed by atoms with E-state index >= 15 is 0 Å². The van der Waals surface area contributed by atoms with Gasteiger partial charge in [-0.3, -0.25) is 9.59 Å². The first kappa shape index (κ1) is 16.0. The van der Waals surface area contributed by atoms with E-state index in [4.69, 9.17) is 10.2 Å². The summed E-state index contributed by atoms with van der Waals surface area (Å²) in [5, 5.41) is 0. The molecule has 2 amide bonds. The maximum absolute atomic E-state index is 13.3. The Hall–Kier alpha value is -3.16. The Labute approximate surface area is 155 Å². The number of primary amides is 1. The Bertz CT molecular complexity index is 1100. The van der Waals surface area contributed by atoms with Crippen LogP contribution in [0.2, 0.25) is 0 Å². The zero-order chi connectivity index (χ0) is 18.9. The molecule has 0 aromatic carbocycles. The average molecular weight is 365 g/mol. The number of aromatic nitrogens is 3. The number of amides is 2. The summed E-state index contributed by atoms with van der Waals surface area (Å²) in [5.41, 5.74) is 8.76. The van der Waals surface area contributed by atoms with Gasteiger partial charge >= 0.3 is 0 Å². The largest absolute Gasteiger partial charge is 0.447 e. The van der Waals surface area contributed by atoms with Crippen molar-refractivity contribution in [3.8, 4) is 0 Å². The number of carbonyl (C=O) groups is 2. The average Bonchev–Trinajstić information content (AvgIpc) is 3.35. The van der Waals surface area contributed by atoms with E-state index in [1.54, 1.807) is 0 Å². The topological polar surface area (TPSA) is 107 Å². The van der Waals surface area contributed by atoms with E-state index in [-0.39, 0.29) is 29.5 Å². The molecule has 3 aliphatic rings. The van der Waals surface area contributed by atoms with Crippen LogP contribution in [0.4, 0.5) is 0 Å². The molecule has 3 unspecified atom stereocenters. The fourth-order valence-corrected chi connectivity index (χ4v) is 4.63. The van der Waals surface area contributed by atoms with Crippen molar-refractivity contribution >= 4 is 17.5 Å². The van der Waals surface area contributed by atoms with Crippen molar-refractivity contribution in [1.29, 1.82) is 0 Å². The van der Waals surface area contributed by atoms with Crippen LogP contribution < -0.4 is 5.73 Å². The number of carbonyl (C=O) groups excluding carboxylic acids is 2. The third-order valence-corrected chi connectivity index (χ3v) is 5.86. The molecule has 2 bridgehead atoms. The lowest BCUT2D eigenvalue weighted by atomic mass is 9.72. The molecule has 3 aromatic heterocycles. The predicted molar refractivity (Wildman–Crippen MR) is 95.4 cm³/mol. The van der Waals surface area contributed by atoms with Gasteiger partial charge in [-0.25, -0.2) is 9.97 Å². The SMILES string of the molecule is Cc1cc(C)n2ccc(C(=O)N3CC4CC3C4c3ocnc3C(N)=O)c2n1. The summed E-state index contributed by atoms with van der Waals surface area (Å²) in [7, 11) is 0. The predicted octanol–water partition coefficient (Wildman–Crippen LogP) is 1.67. The minimum atomic E-state index is -0.600. The third-order valence-electron chi connectivity index (χ3n) is 5.86. The lowest BCUT2D eigenvalue weighted by Gasteiger charge is -2.35. The summed E-state index contributed by atoms with van der Waals surface area (Å²) in [5.74, 6) is 0.104. The Morgan fingerprint density at radius 2 is 2.15 bits per heavy atom. The van der Waals surface area contributed by atoms with Crippen LogP contribution in [0.15, 0.2) is 29.1 Å². The monoisotopic (exact) mass is 365 g/mol. The molecule has 1 saturated carbocycles. The molecular weight excluding hydrogens is 346 g/mol. The summed E-state index contributed by atoms with van der Waals surface area (Å²) in [4.78, 5) is 35.2. The molecule has 1 aliphatic carbocycles. The highest BCUT2D eigenvalue weighted by Gasteiger charge is 2.56. The molecule has 27 heavy (non-hydrogen) atoms. The lowest BCUT2D eigenvalue weighted by Crippen LogP contribution is -2.40. The molecule has 3 fully saturated rings. The van der Waals surface area contributed by atoms with Crippen LogP contribution in [-0.4, -0.2) is 43.7 Å². The molecule has 138 valence electrons. The van der Waals surface area contributed by atoms with E-state index in [0.29, 0.717) is 23.5 Å². The van der Waals surface area contributed by atoms with E-state index in [2.05, 4.69) is 9.97 Å². The first-order chi connectivity index (χ1) is 13.0. The quantitative estimate of drug-likeness (QED) is 0.760. The van der Waals surface area contributed by atoms with Crippen LogP contribution in [-0.2, 0) is 0 Å². The number of rotatable bonds is 3. The highest BCUT2D eigenvalue weighted by molar-refractivity contribution is 6.01. The van der Waals surface area contributed by atoms with Gasteiger partial charge in [-0.2, -0.15) is 0 Å². The van der Waals surface area contributed by atoms with Gasteiger partial charge in [-0.15, -0.1) is 0 Å². The van der Waals surface area contributed by atoms with Crippen molar-refractivity contribution in [3.05, 3.63) is 53.1 Å². The smallest absolute Gasteiger partial charge is 0.270 e. The maximum Gasteiger partial charge on any atom is 0.270 e. The van der Waals surface area contributed by atoms with Crippen LogP contribution in [0, 0.1) is 19.8 Å². The number of fused-ring (bicyclic) bond motifs is 2. The molecule has 0 spiro atoms. The lowest BCUT2D eigenvalue weighted by molar-refractivity contribution is 0.0731. The molecule has 3 atom stereocenters. The molecule has 5 heterocycles. The summed E-state index contributed by atoms with van der Waals surface area (Å²) < 4.78 is 7.40. The first-order valence-electron chi connectivity index (χ1n) is 8.95. The zero-order valence-electron chi connectivity index (χ0n) is 15.0. The molecule has 2 saturated heterocycles. The second kappa shape index (κ2) is 5.42. The van der Waals surface area contributed by atoms with Gasteiger partial charge in [0.1, 0.15) is 11.4 Å². The summed E-state index contributed by atoms with van der Waals surface area (Å²) in [6, 6.07) is 3.80. The van der Waals surface area contributed by atoms with Crippen molar-refractivity contribution < 1.29 is 14.0 Å². The summed E-state index contributed by atoms with van der Waals surface area (Å²) in [6.07, 6.45) is 4.02. The van der Waals surface area contributed by atoms with Crippen LogP contribution in [0.5, 0.6) is 0 Å². The van der Waals surface area contributed by atoms with Crippen molar-refractivity contribution in [1.82, 2.24) is 19.3 Å². The third kappa shape index (κ3) is 2.16. The Kier molecular flexibility index (Phi) is 3.22. The van der Waals surface area contributed by atoms with Crippen LogP contribution in [0.3, 0.4) is 0 Å². The van der Waals surface area contributed by atoms with E-state index in [9.17, 15) is 9.59 Å². The van der Waals surface area contributed by atoms with Gasteiger partial charge < -0.3 is 19.5 Å². The van der Waals surface area contributed by atoms with Gasteiger partial charge in [0.05, 0.1) is 5.56 Å².